The van der Waals surface area contributed by atoms with Crippen LogP contribution in [-0.2, 0) is 6.42 Å². The van der Waals surface area contributed by atoms with Crippen molar-refractivity contribution in [2.24, 2.45) is 5.84 Å². The highest BCUT2D eigenvalue weighted by Crippen LogP contribution is 2.31. The number of aromatic nitrogens is 2. The van der Waals surface area contributed by atoms with E-state index in [9.17, 15) is 0 Å². The van der Waals surface area contributed by atoms with Crippen molar-refractivity contribution in [1.29, 1.82) is 0 Å². The number of nitrogens with one attached hydrogen (secondary N) is 1. The fraction of sp³-hybridized carbons (Fsp3) is 0.692. The van der Waals surface area contributed by atoms with Gasteiger partial charge in [-0.3, -0.25) is 5.84 Å². The fourth-order valence-electron chi connectivity index (χ4n) is 2.51. The summed E-state index contributed by atoms with van der Waals surface area (Å²) in [5.74, 6) is 5.77. The van der Waals surface area contributed by atoms with Crippen LogP contribution >= 0.6 is 11.5 Å². The van der Waals surface area contributed by atoms with Crippen molar-refractivity contribution in [3.8, 4) is 0 Å². The maximum absolute atomic E-state index is 5.77. The van der Waals surface area contributed by atoms with Crippen molar-refractivity contribution in [3.05, 3.63) is 22.2 Å². The van der Waals surface area contributed by atoms with E-state index < -0.39 is 0 Å². The molecule has 1 aromatic heterocycles. The van der Waals surface area contributed by atoms with Crippen LogP contribution in [-0.4, -0.2) is 9.59 Å². The van der Waals surface area contributed by atoms with Gasteiger partial charge in [0.2, 0.25) is 0 Å². The van der Waals surface area contributed by atoms with Crippen molar-refractivity contribution < 1.29 is 0 Å². The Balaban J connectivity index is 2.21. The molecule has 0 saturated heterocycles. The van der Waals surface area contributed by atoms with E-state index in [-0.39, 0.29) is 6.04 Å². The van der Waals surface area contributed by atoms with Gasteiger partial charge in [0.15, 0.2) is 0 Å². The van der Waals surface area contributed by atoms with Crippen molar-refractivity contribution >= 4 is 11.5 Å². The largest absolute Gasteiger partial charge is 0.271 e. The number of nitrogens with two attached hydrogens (primary N) is 1. The smallest absolute Gasteiger partial charge is 0.0804 e. The average Bonchev–Trinajstić information content (AvgIpc) is 2.80. The molecule has 0 radical (unpaired) electrons. The third-order valence-electron chi connectivity index (χ3n) is 3.55. The molecule has 0 aliphatic heterocycles. The summed E-state index contributed by atoms with van der Waals surface area (Å²) in [7, 11) is 0. The molecular formula is C13H22N4S. The minimum atomic E-state index is 0.109. The summed E-state index contributed by atoms with van der Waals surface area (Å²) in [5.41, 5.74) is 5.45. The summed E-state index contributed by atoms with van der Waals surface area (Å²) in [6, 6.07) is 0.109. The Kier molecular flexibility index (Phi) is 5.28. The van der Waals surface area contributed by atoms with E-state index in [0.717, 1.165) is 18.5 Å². The van der Waals surface area contributed by atoms with Gasteiger partial charge in [-0.25, -0.2) is 5.43 Å². The first-order valence-corrected chi connectivity index (χ1v) is 7.60. The molecule has 1 aliphatic rings. The van der Waals surface area contributed by atoms with Gasteiger partial charge in [-0.15, -0.1) is 5.10 Å². The maximum Gasteiger partial charge on any atom is 0.0804 e. The number of aryl methyl sites for hydroxylation is 1. The number of hydrogen-bond acceptors (Lipinski definition) is 5. The van der Waals surface area contributed by atoms with Crippen LogP contribution < -0.4 is 11.3 Å². The number of rotatable bonds is 4. The van der Waals surface area contributed by atoms with Gasteiger partial charge in [-0.05, 0) is 43.6 Å². The zero-order chi connectivity index (χ0) is 12.8. The van der Waals surface area contributed by atoms with Crippen molar-refractivity contribution in [1.82, 2.24) is 15.0 Å². The monoisotopic (exact) mass is 266 g/mol. The van der Waals surface area contributed by atoms with E-state index in [2.05, 4.69) is 28.0 Å². The zero-order valence-electron chi connectivity index (χ0n) is 11.0. The van der Waals surface area contributed by atoms with Crippen LogP contribution in [0.1, 0.15) is 62.1 Å². The summed E-state index contributed by atoms with van der Waals surface area (Å²) in [6.07, 6.45) is 10.8. The van der Waals surface area contributed by atoms with Gasteiger partial charge in [0.25, 0.3) is 0 Å². The van der Waals surface area contributed by atoms with Crippen molar-refractivity contribution in [3.63, 3.8) is 0 Å². The van der Waals surface area contributed by atoms with Crippen LogP contribution in [0.25, 0.3) is 0 Å². The van der Waals surface area contributed by atoms with E-state index in [0.29, 0.717) is 0 Å². The molecule has 100 valence electrons. The quantitative estimate of drug-likeness (QED) is 0.500. The zero-order valence-corrected chi connectivity index (χ0v) is 11.8. The summed E-state index contributed by atoms with van der Waals surface area (Å²) >= 11 is 1.47. The van der Waals surface area contributed by atoms with E-state index in [1.165, 1.54) is 54.1 Å². The molecule has 5 heteroatoms. The molecule has 1 aromatic rings. The molecule has 0 spiro atoms. The lowest BCUT2D eigenvalue weighted by Crippen LogP contribution is -2.29. The van der Waals surface area contributed by atoms with Crippen molar-refractivity contribution in [2.75, 3.05) is 0 Å². The van der Waals surface area contributed by atoms with Gasteiger partial charge in [-0.2, -0.15) is 0 Å². The second-order valence-corrected chi connectivity index (χ2v) is 5.55. The molecule has 1 unspecified atom stereocenters. The molecule has 1 aliphatic carbocycles. The molecule has 3 N–H and O–H groups in total. The average molecular weight is 266 g/mol. The molecule has 0 bridgehead atoms. The summed E-state index contributed by atoms with van der Waals surface area (Å²) in [6.45, 7) is 2.11. The molecule has 0 fully saturated rings. The number of allylic oxidation sites excluding steroid dienone is 1. The molecule has 1 atom stereocenters. The van der Waals surface area contributed by atoms with Gasteiger partial charge in [0.05, 0.1) is 16.6 Å². The Morgan fingerprint density at radius 1 is 1.39 bits per heavy atom. The topological polar surface area (TPSA) is 63.8 Å². The third kappa shape index (κ3) is 3.16. The Bertz CT molecular complexity index is 399. The molecule has 18 heavy (non-hydrogen) atoms. The number of nitrogens with zero attached hydrogens (tertiary/aromatic N) is 2. The normalized spacial score (nSPS) is 18.9. The first-order chi connectivity index (χ1) is 8.86. The highest BCUT2D eigenvalue weighted by atomic mass is 32.1. The third-order valence-corrected chi connectivity index (χ3v) is 4.38. The Morgan fingerprint density at radius 3 is 3.00 bits per heavy atom. The maximum atomic E-state index is 5.77. The van der Waals surface area contributed by atoms with Gasteiger partial charge in [0, 0.05) is 0 Å². The van der Waals surface area contributed by atoms with Crippen molar-refractivity contribution in [2.45, 2.75) is 57.9 Å². The Hall–Kier alpha value is -0.780. The van der Waals surface area contributed by atoms with Gasteiger partial charge in [-0.1, -0.05) is 35.9 Å². The highest BCUT2D eigenvalue weighted by Gasteiger charge is 2.21. The second-order valence-electron chi connectivity index (χ2n) is 4.77. The molecule has 1 heterocycles. The predicted molar refractivity (Wildman–Crippen MR) is 75.1 cm³/mol. The van der Waals surface area contributed by atoms with Gasteiger partial charge < -0.3 is 0 Å². The number of hydrogen-bond donors (Lipinski definition) is 2. The highest BCUT2D eigenvalue weighted by molar-refractivity contribution is 7.05. The first kappa shape index (κ1) is 13.6. The Labute approximate surface area is 113 Å². The van der Waals surface area contributed by atoms with Gasteiger partial charge >= 0.3 is 0 Å². The Morgan fingerprint density at radius 2 is 2.22 bits per heavy atom. The van der Waals surface area contributed by atoms with E-state index in [1.54, 1.807) is 0 Å². The predicted octanol–water partition coefficient (Wildman–Crippen LogP) is 2.89. The molecular weight excluding hydrogens is 244 g/mol. The lowest BCUT2D eigenvalue weighted by Gasteiger charge is -2.20. The molecule has 4 nitrogen and oxygen atoms in total. The molecule has 0 saturated carbocycles. The summed E-state index contributed by atoms with van der Waals surface area (Å²) in [5, 5.41) is 4.19. The van der Waals surface area contributed by atoms with Crippen LogP contribution in [0.3, 0.4) is 0 Å². The van der Waals surface area contributed by atoms with E-state index >= 15 is 0 Å². The van der Waals surface area contributed by atoms with E-state index in [4.69, 9.17) is 5.84 Å². The summed E-state index contributed by atoms with van der Waals surface area (Å²) in [4.78, 5) is 1.19. The van der Waals surface area contributed by atoms with Crippen LogP contribution in [0.15, 0.2) is 11.6 Å². The lowest BCUT2D eigenvalue weighted by atomic mass is 9.94. The lowest BCUT2D eigenvalue weighted by molar-refractivity contribution is 0.557. The SMILES string of the molecule is CCc1nnsc1C(NN)C1=CCCCCCC1. The standard InChI is InChI=1S/C13H22N4S/c1-2-11-13(18-17-16-11)12(15-14)10-8-6-4-3-5-7-9-10/h8,12,15H,2-7,9,14H2,1H3. The minimum Gasteiger partial charge on any atom is -0.271 e. The molecule has 2 rings (SSSR count). The summed E-state index contributed by atoms with van der Waals surface area (Å²) < 4.78 is 4.07. The fourth-order valence-corrected chi connectivity index (χ4v) is 3.35. The molecule has 0 amide bonds. The van der Waals surface area contributed by atoms with Crippen LogP contribution in [0.2, 0.25) is 0 Å². The van der Waals surface area contributed by atoms with Crippen LogP contribution in [0, 0.1) is 0 Å². The number of hydrazine groups is 1. The van der Waals surface area contributed by atoms with Crippen LogP contribution in [0.4, 0.5) is 0 Å². The second kappa shape index (κ2) is 6.97. The van der Waals surface area contributed by atoms with E-state index in [1.807, 2.05) is 0 Å². The van der Waals surface area contributed by atoms with Crippen LogP contribution in [0.5, 0.6) is 0 Å². The first-order valence-electron chi connectivity index (χ1n) is 6.83. The molecule has 0 aromatic carbocycles. The minimum absolute atomic E-state index is 0.109. The van der Waals surface area contributed by atoms with Gasteiger partial charge in [0.1, 0.15) is 0 Å².